The molecule has 1 amide bonds. The first-order valence-electron chi connectivity index (χ1n) is 12.5. The Morgan fingerprint density at radius 3 is 1.94 bits per heavy atom. The van der Waals surface area contributed by atoms with Gasteiger partial charge in [0.2, 0.25) is 0 Å². The number of hydrogen-bond donors (Lipinski definition) is 0. The van der Waals surface area contributed by atoms with Crippen LogP contribution in [0.3, 0.4) is 0 Å². The van der Waals surface area contributed by atoms with E-state index in [4.69, 9.17) is 4.74 Å². The van der Waals surface area contributed by atoms with E-state index in [1.54, 1.807) is 0 Å². The van der Waals surface area contributed by atoms with Crippen LogP contribution in [0.4, 0.5) is 4.79 Å². The van der Waals surface area contributed by atoms with Crippen LogP contribution in [0.2, 0.25) is 0 Å². The number of ketones is 1. The van der Waals surface area contributed by atoms with Gasteiger partial charge in [0.25, 0.3) is 0 Å². The molecular formula is C31H29NO3. The van der Waals surface area contributed by atoms with Crippen molar-refractivity contribution in [3.8, 4) is 11.1 Å². The Bertz CT molecular complexity index is 1240. The summed E-state index contributed by atoms with van der Waals surface area (Å²) >= 11 is 0. The molecule has 2 aliphatic heterocycles. The van der Waals surface area contributed by atoms with E-state index < -0.39 is 0 Å². The van der Waals surface area contributed by atoms with Crippen molar-refractivity contribution in [2.24, 2.45) is 5.92 Å². The predicted octanol–water partition coefficient (Wildman–Crippen LogP) is 6.46. The zero-order valence-electron chi connectivity index (χ0n) is 19.7. The number of fused-ring (bicyclic) bond motifs is 5. The molecule has 0 radical (unpaired) electrons. The van der Waals surface area contributed by atoms with Crippen LogP contribution in [0, 0.1) is 5.92 Å². The lowest BCUT2D eigenvalue weighted by atomic mass is 9.83. The van der Waals surface area contributed by atoms with Gasteiger partial charge in [-0.25, -0.2) is 4.79 Å². The fourth-order valence-electron chi connectivity index (χ4n) is 6.39. The molecule has 6 rings (SSSR count). The van der Waals surface area contributed by atoms with Crippen molar-refractivity contribution in [1.82, 2.24) is 4.90 Å². The van der Waals surface area contributed by atoms with Crippen LogP contribution in [0.5, 0.6) is 0 Å². The van der Waals surface area contributed by atoms with E-state index in [0.29, 0.717) is 25.0 Å². The van der Waals surface area contributed by atoms with Gasteiger partial charge >= 0.3 is 6.09 Å². The third-order valence-electron chi connectivity index (χ3n) is 8.07. The van der Waals surface area contributed by atoms with E-state index in [1.165, 1.54) is 22.3 Å². The summed E-state index contributed by atoms with van der Waals surface area (Å²) in [5.74, 6) is 0.0791. The van der Waals surface area contributed by atoms with Crippen LogP contribution in [-0.2, 0) is 9.53 Å². The fraction of sp³-hybridized carbons (Fsp3) is 0.290. The molecule has 2 fully saturated rings. The number of hydrogen-bond acceptors (Lipinski definition) is 3. The highest BCUT2D eigenvalue weighted by Gasteiger charge is 2.46. The second-order valence-corrected chi connectivity index (χ2v) is 9.97. The van der Waals surface area contributed by atoms with Gasteiger partial charge in [-0.1, -0.05) is 85.4 Å². The number of allylic oxidation sites excluding steroid dienone is 1. The summed E-state index contributed by atoms with van der Waals surface area (Å²) in [6, 6.07) is 26.5. The van der Waals surface area contributed by atoms with Gasteiger partial charge < -0.3 is 9.64 Å². The van der Waals surface area contributed by atoms with E-state index in [2.05, 4.69) is 43.0 Å². The van der Waals surface area contributed by atoms with Gasteiger partial charge in [0.1, 0.15) is 6.61 Å². The molecule has 3 aromatic rings. The molecule has 3 aliphatic rings. The van der Waals surface area contributed by atoms with Crippen LogP contribution < -0.4 is 0 Å². The lowest BCUT2D eigenvalue weighted by Crippen LogP contribution is -2.48. The molecule has 0 spiro atoms. The number of rotatable bonds is 5. The number of ether oxygens (including phenoxy) is 1. The minimum atomic E-state index is -0.243. The molecule has 2 heterocycles. The highest BCUT2D eigenvalue weighted by molar-refractivity contribution is 6.21. The molecule has 2 atom stereocenters. The van der Waals surface area contributed by atoms with Gasteiger partial charge in [0.05, 0.1) is 0 Å². The number of amides is 1. The van der Waals surface area contributed by atoms with Crippen molar-refractivity contribution < 1.29 is 14.3 Å². The standard InChI is InChI=1S/C31H29NO3/c1-20(21-9-3-2-4-10-21)30(33)22-17-23-15-16-24(18-22)32(23)31(34)35-19-29-27-13-7-5-11-25(27)26-12-6-8-14-28(26)29/h2-14,22-24,29H,1,15-19H2. The Labute approximate surface area is 206 Å². The Balaban J connectivity index is 1.13. The smallest absolute Gasteiger partial charge is 0.410 e. The maximum Gasteiger partial charge on any atom is 0.410 e. The number of benzene rings is 3. The third-order valence-corrected chi connectivity index (χ3v) is 8.07. The molecule has 35 heavy (non-hydrogen) atoms. The maximum absolute atomic E-state index is 13.3. The minimum Gasteiger partial charge on any atom is -0.448 e. The molecule has 2 unspecified atom stereocenters. The number of nitrogens with zero attached hydrogens (tertiary/aromatic N) is 1. The van der Waals surface area contributed by atoms with Crippen molar-refractivity contribution in [1.29, 1.82) is 0 Å². The normalized spacial score (nSPS) is 22.4. The van der Waals surface area contributed by atoms with Crippen molar-refractivity contribution in [2.75, 3.05) is 6.61 Å². The monoisotopic (exact) mass is 463 g/mol. The molecule has 4 nitrogen and oxygen atoms in total. The van der Waals surface area contributed by atoms with Crippen LogP contribution in [0.25, 0.3) is 16.7 Å². The van der Waals surface area contributed by atoms with Gasteiger partial charge in [-0.05, 0) is 53.5 Å². The largest absolute Gasteiger partial charge is 0.448 e. The molecular weight excluding hydrogens is 434 g/mol. The minimum absolute atomic E-state index is 0.0531. The number of carbonyl (C=O) groups excluding carboxylic acids is 2. The molecule has 2 saturated heterocycles. The first-order chi connectivity index (χ1) is 17.1. The van der Waals surface area contributed by atoms with E-state index in [0.717, 1.165) is 18.4 Å². The van der Waals surface area contributed by atoms with Crippen molar-refractivity contribution in [2.45, 2.75) is 43.7 Å². The molecule has 0 aromatic heterocycles. The predicted molar refractivity (Wildman–Crippen MR) is 137 cm³/mol. The lowest BCUT2D eigenvalue weighted by Gasteiger charge is -2.38. The summed E-state index contributed by atoms with van der Waals surface area (Å²) in [6.45, 7) is 4.41. The average molecular weight is 464 g/mol. The molecule has 4 heteroatoms. The van der Waals surface area contributed by atoms with Crippen molar-refractivity contribution in [3.05, 3.63) is 102 Å². The summed E-state index contributed by atoms with van der Waals surface area (Å²) < 4.78 is 5.96. The second-order valence-electron chi connectivity index (χ2n) is 9.97. The Hall–Kier alpha value is -3.66. The first kappa shape index (κ1) is 21.8. The van der Waals surface area contributed by atoms with Crippen LogP contribution >= 0.6 is 0 Å². The first-order valence-corrected chi connectivity index (χ1v) is 12.5. The van der Waals surface area contributed by atoms with E-state index in [9.17, 15) is 9.59 Å². The SMILES string of the molecule is C=C(C(=O)C1CC2CCC(C1)N2C(=O)OCC1c2ccccc2-c2ccccc21)c1ccccc1. The van der Waals surface area contributed by atoms with Crippen LogP contribution in [-0.4, -0.2) is 35.5 Å². The molecule has 3 aromatic carbocycles. The topological polar surface area (TPSA) is 46.6 Å². The van der Waals surface area contributed by atoms with E-state index in [-0.39, 0.29) is 35.8 Å². The number of piperidine rings is 1. The molecule has 2 bridgehead atoms. The quantitative estimate of drug-likeness (QED) is 0.408. The summed E-state index contributed by atoms with van der Waals surface area (Å²) in [7, 11) is 0. The van der Waals surface area contributed by atoms with Gasteiger partial charge in [-0.3, -0.25) is 4.79 Å². The van der Waals surface area contributed by atoms with Gasteiger partial charge in [0.15, 0.2) is 5.78 Å². The van der Waals surface area contributed by atoms with Crippen LogP contribution in [0.1, 0.15) is 48.3 Å². The van der Waals surface area contributed by atoms with E-state index in [1.807, 2.05) is 47.4 Å². The molecule has 176 valence electrons. The summed E-state index contributed by atoms with van der Waals surface area (Å²) in [6.07, 6.45) is 2.98. The Morgan fingerprint density at radius 2 is 1.34 bits per heavy atom. The van der Waals surface area contributed by atoms with E-state index >= 15 is 0 Å². The van der Waals surface area contributed by atoms with Crippen molar-refractivity contribution >= 4 is 17.4 Å². The highest BCUT2D eigenvalue weighted by Crippen LogP contribution is 2.45. The van der Waals surface area contributed by atoms with Gasteiger partial charge in [-0.15, -0.1) is 0 Å². The summed E-state index contributed by atoms with van der Waals surface area (Å²) in [4.78, 5) is 28.4. The molecule has 0 N–H and O–H groups in total. The molecule has 0 saturated carbocycles. The van der Waals surface area contributed by atoms with Crippen molar-refractivity contribution in [3.63, 3.8) is 0 Å². The average Bonchev–Trinajstić information content (AvgIpc) is 3.37. The fourth-order valence-corrected chi connectivity index (χ4v) is 6.39. The second kappa shape index (κ2) is 8.84. The summed E-state index contributed by atoms with van der Waals surface area (Å²) in [5.41, 5.74) is 6.33. The van der Waals surface area contributed by atoms with Gasteiger partial charge in [0, 0.05) is 29.5 Å². The maximum atomic E-state index is 13.3. The number of carbonyl (C=O) groups is 2. The third kappa shape index (κ3) is 3.78. The summed E-state index contributed by atoms with van der Waals surface area (Å²) in [5, 5.41) is 0. The Kier molecular flexibility index (Phi) is 5.52. The Morgan fingerprint density at radius 1 is 0.800 bits per heavy atom. The lowest BCUT2D eigenvalue weighted by molar-refractivity contribution is -0.119. The number of Topliss-reactive ketones (excluding diaryl/α,β-unsaturated/α-hetero) is 1. The highest BCUT2D eigenvalue weighted by atomic mass is 16.6. The molecule has 1 aliphatic carbocycles. The van der Waals surface area contributed by atoms with Crippen LogP contribution in [0.15, 0.2) is 85.4 Å². The zero-order chi connectivity index (χ0) is 23.9. The zero-order valence-corrected chi connectivity index (χ0v) is 19.7. The van der Waals surface area contributed by atoms with Gasteiger partial charge in [-0.2, -0.15) is 0 Å².